The lowest BCUT2D eigenvalue weighted by Crippen LogP contribution is -2.07. The summed E-state index contributed by atoms with van der Waals surface area (Å²) in [6.07, 6.45) is 1.41. The van der Waals surface area contributed by atoms with Crippen molar-refractivity contribution < 1.29 is 9.53 Å². The van der Waals surface area contributed by atoms with Gasteiger partial charge in [0.05, 0.1) is 24.6 Å². The second-order valence-corrected chi connectivity index (χ2v) is 2.46. The average Bonchev–Trinajstić information content (AvgIpc) is 2.08. The molecule has 0 aliphatic heterocycles. The Morgan fingerprint density at radius 3 is 2.75 bits per heavy atom. The van der Waals surface area contributed by atoms with Gasteiger partial charge in [-0.1, -0.05) is 0 Å². The Labute approximate surface area is 70.6 Å². The lowest BCUT2D eigenvalue weighted by molar-refractivity contribution is 0.0599. The lowest BCUT2D eigenvalue weighted by Gasteiger charge is -2.03. The summed E-state index contributed by atoms with van der Waals surface area (Å²) in [5, 5.41) is 7.46. The highest BCUT2D eigenvalue weighted by Crippen LogP contribution is 2.08. The summed E-state index contributed by atoms with van der Waals surface area (Å²) in [5.41, 5.74) is 2.04. The van der Waals surface area contributed by atoms with Crippen molar-refractivity contribution in [2.75, 3.05) is 7.11 Å². The number of esters is 1. The van der Waals surface area contributed by atoms with Crippen LogP contribution in [0, 0.1) is 13.8 Å². The summed E-state index contributed by atoms with van der Waals surface area (Å²) < 4.78 is 4.57. The van der Waals surface area contributed by atoms with E-state index in [1.165, 1.54) is 13.3 Å². The van der Waals surface area contributed by atoms with Gasteiger partial charge in [0.2, 0.25) is 0 Å². The molecule has 0 saturated heterocycles. The van der Waals surface area contributed by atoms with Gasteiger partial charge in [0.1, 0.15) is 0 Å². The van der Waals surface area contributed by atoms with Gasteiger partial charge in [0, 0.05) is 0 Å². The average molecular weight is 166 g/mol. The number of carbonyl (C=O) groups is 1. The zero-order valence-electron chi connectivity index (χ0n) is 7.29. The smallest absolute Gasteiger partial charge is 0.339 e. The lowest BCUT2D eigenvalue weighted by atomic mass is 10.1. The Kier molecular flexibility index (Phi) is 2.38. The van der Waals surface area contributed by atoms with Crippen LogP contribution < -0.4 is 0 Å². The summed E-state index contributed by atoms with van der Waals surface area (Å²) in [7, 11) is 1.34. The van der Waals surface area contributed by atoms with Gasteiger partial charge in [0.25, 0.3) is 0 Å². The Balaban J connectivity index is 3.16. The first-order valence-electron chi connectivity index (χ1n) is 3.54. The number of hydrogen-bond acceptors (Lipinski definition) is 4. The van der Waals surface area contributed by atoms with Crippen LogP contribution in [0.3, 0.4) is 0 Å². The Bertz CT molecular complexity index is 310. The molecule has 0 atom stereocenters. The molecule has 1 aromatic heterocycles. The topological polar surface area (TPSA) is 52.1 Å². The molecule has 0 spiro atoms. The van der Waals surface area contributed by atoms with Gasteiger partial charge in [-0.15, -0.1) is 0 Å². The SMILES string of the molecule is COC(=O)c1cnnc(C)c1C. The Hall–Kier alpha value is -1.45. The van der Waals surface area contributed by atoms with Crippen LogP contribution in [0.15, 0.2) is 6.20 Å². The molecular formula is C8H10N2O2. The number of methoxy groups -OCH3 is 1. The first-order chi connectivity index (χ1) is 5.66. The molecule has 0 N–H and O–H groups in total. The van der Waals surface area contributed by atoms with Gasteiger partial charge in [-0.3, -0.25) is 0 Å². The van der Waals surface area contributed by atoms with E-state index in [-0.39, 0.29) is 5.97 Å². The highest BCUT2D eigenvalue weighted by atomic mass is 16.5. The fraction of sp³-hybridized carbons (Fsp3) is 0.375. The van der Waals surface area contributed by atoms with Crippen molar-refractivity contribution in [3.63, 3.8) is 0 Å². The quantitative estimate of drug-likeness (QED) is 0.581. The maximum absolute atomic E-state index is 11.1. The third kappa shape index (κ3) is 1.42. The van der Waals surface area contributed by atoms with E-state index in [4.69, 9.17) is 0 Å². The molecule has 0 fully saturated rings. The van der Waals surface area contributed by atoms with Gasteiger partial charge in [-0.2, -0.15) is 10.2 Å². The fourth-order valence-electron chi connectivity index (χ4n) is 0.856. The molecule has 0 unspecified atom stereocenters. The number of aryl methyl sites for hydroxylation is 1. The molecule has 1 aromatic rings. The highest BCUT2D eigenvalue weighted by Gasteiger charge is 2.10. The predicted octanol–water partition coefficient (Wildman–Crippen LogP) is 0.880. The zero-order chi connectivity index (χ0) is 9.14. The Morgan fingerprint density at radius 2 is 2.17 bits per heavy atom. The number of hydrogen-bond donors (Lipinski definition) is 0. The summed E-state index contributed by atoms with van der Waals surface area (Å²) in [6, 6.07) is 0. The normalized spacial score (nSPS) is 9.58. The number of aromatic nitrogens is 2. The minimum atomic E-state index is -0.370. The monoisotopic (exact) mass is 166 g/mol. The molecule has 0 radical (unpaired) electrons. The van der Waals surface area contributed by atoms with Crippen LogP contribution in [0.2, 0.25) is 0 Å². The Morgan fingerprint density at radius 1 is 1.50 bits per heavy atom. The van der Waals surface area contributed by atoms with Gasteiger partial charge >= 0.3 is 5.97 Å². The fourth-order valence-corrected chi connectivity index (χ4v) is 0.856. The molecular weight excluding hydrogens is 156 g/mol. The minimum absolute atomic E-state index is 0.370. The van der Waals surface area contributed by atoms with E-state index in [0.29, 0.717) is 5.56 Å². The third-order valence-electron chi connectivity index (χ3n) is 1.75. The van der Waals surface area contributed by atoms with Crippen molar-refractivity contribution in [1.82, 2.24) is 10.2 Å². The van der Waals surface area contributed by atoms with E-state index in [2.05, 4.69) is 14.9 Å². The van der Waals surface area contributed by atoms with Crippen LogP contribution in [0.4, 0.5) is 0 Å². The van der Waals surface area contributed by atoms with Gasteiger partial charge in [-0.25, -0.2) is 4.79 Å². The molecule has 1 rings (SSSR count). The number of nitrogens with zero attached hydrogens (tertiary/aromatic N) is 2. The predicted molar refractivity (Wildman–Crippen MR) is 42.8 cm³/mol. The van der Waals surface area contributed by atoms with Gasteiger partial charge < -0.3 is 4.74 Å². The molecule has 0 amide bonds. The molecule has 4 heteroatoms. The van der Waals surface area contributed by atoms with Crippen LogP contribution in [0.5, 0.6) is 0 Å². The first kappa shape index (κ1) is 8.64. The molecule has 0 aliphatic rings. The standard InChI is InChI=1S/C8H10N2O2/c1-5-6(2)10-9-4-7(5)8(11)12-3/h4H,1-3H3. The maximum Gasteiger partial charge on any atom is 0.339 e. The molecule has 0 aliphatic carbocycles. The van der Waals surface area contributed by atoms with E-state index in [1.54, 1.807) is 6.92 Å². The largest absolute Gasteiger partial charge is 0.465 e. The van der Waals surface area contributed by atoms with Crippen molar-refractivity contribution in [3.8, 4) is 0 Å². The summed E-state index contributed by atoms with van der Waals surface area (Å²) in [5.74, 6) is -0.370. The molecule has 0 aromatic carbocycles. The summed E-state index contributed by atoms with van der Waals surface area (Å²) in [6.45, 7) is 3.62. The third-order valence-corrected chi connectivity index (χ3v) is 1.75. The van der Waals surface area contributed by atoms with Crippen LogP contribution in [-0.4, -0.2) is 23.3 Å². The first-order valence-corrected chi connectivity index (χ1v) is 3.54. The molecule has 1 heterocycles. The molecule has 0 saturated carbocycles. The highest BCUT2D eigenvalue weighted by molar-refractivity contribution is 5.90. The van der Waals surface area contributed by atoms with E-state index in [0.717, 1.165) is 11.3 Å². The number of carbonyl (C=O) groups excluding carboxylic acids is 1. The second kappa shape index (κ2) is 3.30. The second-order valence-electron chi connectivity index (χ2n) is 2.46. The number of rotatable bonds is 1. The van der Waals surface area contributed by atoms with E-state index in [1.807, 2.05) is 6.92 Å². The van der Waals surface area contributed by atoms with Crippen molar-refractivity contribution >= 4 is 5.97 Å². The van der Waals surface area contributed by atoms with Crippen LogP contribution >= 0.6 is 0 Å². The van der Waals surface area contributed by atoms with Crippen LogP contribution in [-0.2, 0) is 4.74 Å². The van der Waals surface area contributed by atoms with Crippen molar-refractivity contribution in [1.29, 1.82) is 0 Å². The molecule has 12 heavy (non-hydrogen) atoms. The summed E-state index contributed by atoms with van der Waals surface area (Å²) in [4.78, 5) is 11.1. The van der Waals surface area contributed by atoms with E-state index >= 15 is 0 Å². The summed E-state index contributed by atoms with van der Waals surface area (Å²) >= 11 is 0. The van der Waals surface area contributed by atoms with Crippen LogP contribution in [0.25, 0.3) is 0 Å². The van der Waals surface area contributed by atoms with Gasteiger partial charge in [0.15, 0.2) is 0 Å². The van der Waals surface area contributed by atoms with E-state index < -0.39 is 0 Å². The minimum Gasteiger partial charge on any atom is -0.465 e. The zero-order valence-corrected chi connectivity index (χ0v) is 7.29. The number of ether oxygens (including phenoxy) is 1. The molecule has 64 valence electrons. The van der Waals surface area contributed by atoms with E-state index in [9.17, 15) is 4.79 Å². The van der Waals surface area contributed by atoms with Gasteiger partial charge in [-0.05, 0) is 19.4 Å². The molecule has 0 bridgehead atoms. The molecule has 4 nitrogen and oxygen atoms in total. The van der Waals surface area contributed by atoms with Crippen molar-refractivity contribution in [3.05, 3.63) is 23.0 Å². The maximum atomic E-state index is 11.1. The van der Waals surface area contributed by atoms with Crippen molar-refractivity contribution in [2.45, 2.75) is 13.8 Å². The van der Waals surface area contributed by atoms with Crippen LogP contribution in [0.1, 0.15) is 21.6 Å². The van der Waals surface area contributed by atoms with Crippen molar-refractivity contribution in [2.24, 2.45) is 0 Å².